The normalized spacial score (nSPS) is 17.9. The third kappa shape index (κ3) is 3.11. The summed E-state index contributed by atoms with van der Waals surface area (Å²) in [5, 5.41) is 1.36. The van der Waals surface area contributed by atoms with Crippen LogP contribution in [0.4, 0.5) is 0 Å². The Morgan fingerprint density at radius 2 is 1.64 bits per heavy atom. The van der Waals surface area contributed by atoms with E-state index in [4.69, 9.17) is 0 Å². The second-order valence-electron chi connectivity index (χ2n) is 7.74. The monoisotopic (exact) mass is 332 g/mol. The van der Waals surface area contributed by atoms with Crippen molar-refractivity contribution in [2.45, 2.75) is 39.7 Å². The maximum Gasteiger partial charge on any atom is 0.0625 e. The fourth-order valence-electron chi connectivity index (χ4n) is 4.25. The molecule has 1 aliphatic heterocycles. The number of aryl methyl sites for hydroxylation is 2. The van der Waals surface area contributed by atoms with Crippen molar-refractivity contribution >= 4 is 10.9 Å². The van der Waals surface area contributed by atoms with E-state index in [0.717, 1.165) is 5.92 Å². The summed E-state index contributed by atoms with van der Waals surface area (Å²) in [6.45, 7) is 9.13. The summed E-state index contributed by atoms with van der Waals surface area (Å²) in [5.74, 6) is 0.846. The van der Waals surface area contributed by atoms with Gasteiger partial charge >= 0.3 is 0 Å². The molecule has 0 aliphatic carbocycles. The minimum atomic E-state index is 0.337. The fraction of sp³-hybridized carbons (Fsp3) is 0.391. The second-order valence-corrected chi connectivity index (χ2v) is 7.74. The molecule has 0 bridgehead atoms. The van der Waals surface area contributed by atoms with Crippen molar-refractivity contribution in [3.05, 3.63) is 70.9 Å². The topological polar surface area (TPSA) is 19.0 Å². The van der Waals surface area contributed by atoms with Gasteiger partial charge in [0.15, 0.2) is 0 Å². The highest BCUT2D eigenvalue weighted by molar-refractivity contribution is 5.85. The fourth-order valence-corrected chi connectivity index (χ4v) is 4.25. The van der Waals surface area contributed by atoms with Gasteiger partial charge in [-0.15, -0.1) is 0 Å². The molecule has 0 spiro atoms. The van der Waals surface area contributed by atoms with Gasteiger partial charge in [0.2, 0.25) is 0 Å². The number of rotatable bonds is 3. The van der Waals surface area contributed by atoms with E-state index >= 15 is 0 Å². The number of aromatic nitrogens is 1. The van der Waals surface area contributed by atoms with Crippen LogP contribution in [0.25, 0.3) is 10.9 Å². The average molecular weight is 332 g/mol. The Labute approximate surface area is 150 Å². The number of piperidine rings is 1. The molecule has 1 atom stereocenters. The van der Waals surface area contributed by atoms with Gasteiger partial charge in [-0.25, -0.2) is 0 Å². The first-order valence-corrected chi connectivity index (χ1v) is 9.51. The van der Waals surface area contributed by atoms with Gasteiger partial charge in [0.25, 0.3) is 0 Å². The van der Waals surface area contributed by atoms with Crippen LogP contribution in [0.2, 0.25) is 0 Å². The van der Waals surface area contributed by atoms with E-state index in [1.54, 1.807) is 0 Å². The van der Waals surface area contributed by atoms with E-state index in [2.05, 4.69) is 79.2 Å². The lowest BCUT2D eigenvalue weighted by Gasteiger charge is -2.37. The van der Waals surface area contributed by atoms with Crippen LogP contribution in [-0.2, 0) is 0 Å². The van der Waals surface area contributed by atoms with Crippen molar-refractivity contribution in [2.24, 2.45) is 5.92 Å². The zero-order chi connectivity index (χ0) is 17.4. The smallest absolute Gasteiger partial charge is 0.0625 e. The van der Waals surface area contributed by atoms with Crippen LogP contribution in [-0.4, -0.2) is 23.0 Å². The molecule has 0 radical (unpaired) electrons. The van der Waals surface area contributed by atoms with Crippen molar-refractivity contribution in [1.29, 1.82) is 0 Å². The van der Waals surface area contributed by atoms with Crippen molar-refractivity contribution in [1.82, 2.24) is 9.88 Å². The van der Waals surface area contributed by atoms with Gasteiger partial charge in [-0.1, -0.05) is 55.0 Å². The van der Waals surface area contributed by atoms with Gasteiger partial charge in [0.05, 0.1) is 6.04 Å². The van der Waals surface area contributed by atoms with Crippen molar-refractivity contribution in [2.75, 3.05) is 13.1 Å². The maximum absolute atomic E-state index is 3.61. The molecule has 1 aromatic heterocycles. The van der Waals surface area contributed by atoms with E-state index in [-0.39, 0.29) is 0 Å². The predicted molar refractivity (Wildman–Crippen MR) is 106 cm³/mol. The van der Waals surface area contributed by atoms with Gasteiger partial charge in [-0.3, -0.25) is 4.90 Å². The molecular formula is C23H28N2. The number of benzene rings is 2. The Balaban J connectivity index is 1.84. The Kier molecular flexibility index (Phi) is 4.39. The zero-order valence-electron chi connectivity index (χ0n) is 15.5. The standard InChI is InChI=1S/C23H28N2/c1-16-8-10-19(11-9-16)23(25-14-12-17(2)13-15-25)22-18(3)24-21-7-5-4-6-20(21)22/h4-11,17,23-24H,12-15H2,1-3H3. The van der Waals surface area contributed by atoms with E-state index < -0.39 is 0 Å². The van der Waals surface area contributed by atoms with Gasteiger partial charge in [-0.2, -0.15) is 0 Å². The maximum atomic E-state index is 3.61. The van der Waals surface area contributed by atoms with Crippen molar-refractivity contribution < 1.29 is 0 Å². The Morgan fingerprint density at radius 1 is 0.960 bits per heavy atom. The first-order valence-electron chi connectivity index (χ1n) is 9.51. The van der Waals surface area contributed by atoms with Crippen LogP contribution < -0.4 is 0 Å². The lowest BCUT2D eigenvalue weighted by molar-refractivity contribution is 0.158. The molecule has 3 aromatic rings. The third-order valence-corrected chi connectivity index (χ3v) is 5.79. The summed E-state index contributed by atoms with van der Waals surface area (Å²) in [6, 6.07) is 18.2. The summed E-state index contributed by atoms with van der Waals surface area (Å²) < 4.78 is 0. The second kappa shape index (κ2) is 6.68. The Bertz CT molecular complexity index is 851. The number of nitrogens with one attached hydrogen (secondary N) is 1. The van der Waals surface area contributed by atoms with Crippen LogP contribution >= 0.6 is 0 Å². The first-order chi connectivity index (χ1) is 12.1. The van der Waals surface area contributed by atoms with Crippen LogP contribution in [0.15, 0.2) is 48.5 Å². The molecule has 130 valence electrons. The van der Waals surface area contributed by atoms with Gasteiger partial charge in [-0.05, 0) is 57.3 Å². The number of fused-ring (bicyclic) bond motifs is 1. The predicted octanol–water partition coefficient (Wildman–Crippen LogP) is 5.61. The van der Waals surface area contributed by atoms with E-state index in [9.17, 15) is 0 Å². The average Bonchev–Trinajstić information content (AvgIpc) is 2.95. The molecule has 2 nitrogen and oxygen atoms in total. The minimum absolute atomic E-state index is 0.337. The third-order valence-electron chi connectivity index (χ3n) is 5.79. The van der Waals surface area contributed by atoms with E-state index in [0.29, 0.717) is 6.04 Å². The molecule has 2 heterocycles. The lowest BCUT2D eigenvalue weighted by atomic mass is 9.90. The highest BCUT2D eigenvalue weighted by Gasteiger charge is 2.29. The largest absolute Gasteiger partial charge is 0.358 e. The summed E-state index contributed by atoms with van der Waals surface area (Å²) in [5.41, 5.74) is 6.73. The molecule has 4 rings (SSSR count). The molecule has 0 amide bonds. The molecular weight excluding hydrogens is 304 g/mol. The van der Waals surface area contributed by atoms with Gasteiger partial charge in [0.1, 0.15) is 0 Å². The Hall–Kier alpha value is -2.06. The molecule has 1 aliphatic rings. The number of para-hydroxylation sites is 1. The summed E-state index contributed by atoms with van der Waals surface area (Å²) in [4.78, 5) is 6.30. The number of hydrogen-bond donors (Lipinski definition) is 1. The molecule has 1 fully saturated rings. The first kappa shape index (κ1) is 16.4. The van der Waals surface area contributed by atoms with Crippen LogP contribution in [0.1, 0.15) is 48.2 Å². The van der Waals surface area contributed by atoms with E-state index in [1.165, 1.54) is 59.2 Å². The van der Waals surface area contributed by atoms with Crippen molar-refractivity contribution in [3.8, 4) is 0 Å². The molecule has 2 aromatic carbocycles. The van der Waals surface area contributed by atoms with Crippen molar-refractivity contribution in [3.63, 3.8) is 0 Å². The van der Waals surface area contributed by atoms with Gasteiger partial charge < -0.3 is 4.98 Å². The highest BCUT2D eigenvalue weighted by atomic mass is 15.2. The zero-order valence-corrected chi connectivity index (χ0v) is 15.5. The number of aromatic amines is 1. The summed E-state index contributed by atoms with van der Waals surface area (Å²) in [7, 11) is 0. The van der Waals surface area contributed by atoms with Crippen LogP contribution in [0.5, 0.6) is 0 Å². The molecule has 1 saturated heterocycles. The molecule has 25 heavy (non-hydrogen) atoms. The van der Waals surface area contributed by atoms with Crippen LogP contribution in [0.3, 0.4) is 0 Å². The minimum Gasteiger partial charge on any atom is -0.358 e. The number of likely N-dealkylation sites (tertiary alicyclic amines) is 1. The quantitative estimate of drug-likeness (QED) is 0.661. The summed E-state index contributed by atoms with van der Waals surface area (Å²) in [6.07, 6.45) is 2.59. The molecule has 0 saturated carbocycles. The molecule has 1 unspecified atom stereocenters. The molecule has 2 heteroatoms. The highest BCUT2D eigenvalue weighted by Crippen LogP contribution is 2.38. The molecule has 1 N–H and O–H groups in total. The number of H-pyrrole nitrogens is 1. The number of nitrogens with zero attached hydrogens (tertiary/aromatic N) is 1. The van der Waals surface area contributed by atoms with Gasteiger partial charge in [0, 0.05) is 22.2 Å². The summed E-state index contributed by atoms with van der Waals surface area (Å²) >= 11 is 0. The SMILES string of the molecule is Cc1ccc(C(c2c(C)[nH]c3ccccc23)N2CCC(C)CC2)cc1. The lowest BCUT2D eigenvalue weighted by Crippen LogP contribution is -2.37. The Morgan fingerprint density at radius 3 is 2.36 bits per heavy atom. The number of hydrogen-bond acceptors (Lipinski definition) is 1. The van der Waals surface area contributed by atoms with E-state index in [1.807, 2.05) is 0 Å². The van der Waals surface area contributed by atoms with Crippen LogP contribution in [0, 0.1) is 19.8 Å².